The van der Waals surface area contributed by atoms with Crippen LogP contribution in [0.2, 0.25) is 0 Å². The van der Waals surface area contributed by atoms with Crippen LogP contribution in [0.5, 0.6) is 0 Å². The molecule has 0 aromatic carbocycles. The molecule has 0 N–H and O–H groups in total. The molecule has 1 saturated heterocycles. The first-order valence-electron chi connectivity index (χ1n) is 4.74. The molecule has 4 heteroatoms. The van der Waals surface area contributed by atoms with Crippen molar-refractivity contribution in [3.63, 3.8) is 0 Å². The third-order valence-electron chi connectivity index (χ3n) is 2.51. The van der Waals surface area contributed by atoms with Crippen LogP contribution in [0.4, 0.5) is 0 Å². The van der Waals surface area contributed by atoms with Gasteiger partial charge in [0.05, 0.1) is 12.4 Å². The van der Waals surface area contributed by atoms with Crippen molar-refractivity contribution in [2.24, 2.45) is 4.99 Å². The summed E-state index contributed by atoms with van der Waals surface area (Å²) < 4.78 is 5.66. The quantitative estimate of drug-likeness (QED) is 0.601. The molecule has 0 spiro atoms. The summed E-state index contributed by atoms with van der Waals surface area (Å²) >= 11 is 0. The van der Waals surface area contributed by atoms with Gasteiger partial charge in [0.2, 0.25) is 5.91 Å². The van der Waals surface area contributed by atoms with Crippen LogP contribution < -0.4 is 0 Å². The first-order valence-corrected chi connectivity index (χ1v) is 4.74. The molecule has 2 heterocycles. The van der Waals surface area contributed by atoms with Gasteiger partial charge in [-0.2, -0.15) is 0 Å². The maximum absolute atomic E-state index is 10.8. The van der Waals surface area contributed by atoms with E-state index in [2.05, 4.69) is 11.9 Å². The third kappa shape index (κ3) is 1.88. The Kier molecular flexibility index (Phi) is 2.31. The van der Waals surface area contributed by atoms with Gasteiger partial charge in [-0.1, -0.05) is 0 Å². The lowest BCUT2D eigenvalue weighted by atomic mass is 10.2. The van der Waals surface area contributed by atoms with Gasteiger partial charge < -0.3 is 9.64 Å². The van der Waals surface area contributed by atoms with Gasteiger partial charge in [0.15, 0.2) is 0 Å². The Hall–Kier alpha value is -0.900. The summed E-state index contributed by atoms with van der Waals surface area (Å²) in [5.41, 5.74) is 0. The second-order valence-electron chi connectivity index (χ2n) is 3.60. The lowest BCUT2D eigenvalue weighted by Gasteiger charge is -2.27. The summed E-state index contributed by atoms with van der Waals surface area (Å²) in [6.07, 6.45) is 4.77. The smallest absolute Gasteiger partial charge is 0.248 e. The molecule has 2 atom stereocenters. The van der Waals surface area contributed by atoms with Crippen LogP contribution in [-0.2, 0) is 9.53 Å². The van der Waals surface area contributed by atoms with Gasteiger partial charge in [-0.15, -0.1) is 0 Å². The van der Waals surface area contributed by atoms with Crippen LogP contribution >= 0.6 is 0 Å². The number of hydrogen-bond acceptors (Lipinski definition) is 3. The Labute approximate surface area is 77.6 Å². The van der Waals surface area contributed by atoms with Crippen LogP contribution in [0.15, 0.2) is 4.99 Å². The van der Waals surface area contributed by atoms with Gasteiger partial charge in [0.1, 0.15) is 6.23 Å². The highest BCUT2D eigenvalue weighted by Gasteiger charge is 2.27. The lowest BCUT2D eigenvalue weighted by Crippen LogP contribution is -2.38. The Balaban J connectivity index is 1.95. The molecule has 4 nitrogen and oxygen atoms in total. The topological polar surface area (TPSA) is 41.9 Å². The molecule has 0 bridgehead atoms. The zero-order valence-corrected chi connectivity index (χ0v) is 7.77. The first kappa shape index (κ1) is 8.69. The van der Waals surface area contributed by atoms with E-state index in [4.69, 9.17) is 4.74 Å². The van der Waals surface area contributed by atoms with Gasteiger partial charge in [-0.25, -0.2) is 4.99 Å². The summed E-state index contributed by atoms with van der Waals surface area (Å²) in [4.78, 5) is 16.6. The van der Waals surface area contributed by atoms with E-state index in [9.17, 15) is 4.79 Å². The van der Waals surface area contributed by atoms with Crippen molar-refractivity contribution in [2.75, 3.05) is 6.54 Å². The van der Waals surface area contributed by atoms with E-state index in [1.54, 1.807) is 6.34 Å². The average Bonchev–Trinajstić information content (AvgIpc) is 2.53. The second-order valence-corrected chi connectivity index (χ2v) is 3.60. The monoisotopic (exact) mass is 182 g/mol. The van der Waals surface area contributed by atoms with E-state index in [0.717, 1.165) is 19.4 Å². The van der Waals surface area contributed by atoms with E-state index in [-0.39, 0.29) is 12.1 Å². The molecule has 2 aliphatic rings. The number of amides is 1. The predicted octanol–water partition coefficient (Wildman–Crippen LogP) is 0.772. The molecule has 0 unspecified atom stereocenters. The number of carbonyl (C=O) groups is 1. The molecule has 2 rings (SSSR count). The van der Waals surface area contributed by atoms with E-state index in [1.165, 1.54) is 0 Å². The number of nitrogens with zero attached hydrogens (tertiary/aromatic N) is 2. The van der Waals surface area contributed by atoms with Crippen molar-refractivity contribution >= 4 is 12.2 Å². The van der Waals surface area contributed by atoms with Crippen molar-refractivity contribution in [1.82, 2.24) is 4.90 Å². The average molecular weight is 182 g/mol. The number of ether oxygens (including phenoxy) is 1. The molecule has 72 valence electrons. The first-order chi connectivity index (χ1) is 6.25. The fourth-order valence-electron chi connectivity index (χ4n) is 1.73. The maximum Gasteiger partial charge on any atom is 0.248 e. The zero-order valence-electron chi connectivity index (χ0n) is 7.77. The molecule has 2 aliphatic heterocycles. The Morgan fingerprint density at radius 3 is 3.00 bits per heavy atom. The van der Waals surface area contributed by atoms with Gasteiger partial charge in [0, 0.05) is 13.0 Å². The number of hydrogen-bond donors (Lipinski definition) is 0. The van der Waals surface area contributed by atoms with Crippen molar-refractivity contribution in [2.45, 2.75) is 38.5 Å². The number of aliphatic imine (C=N–C) groups is 1. The summed E-state index contributed by atoms with van der Waals surface area (Å²) in [6.45, 7) is 2.83. The minimum atomic E-state index is -0.0257. The molecule has 0 aliphatic carbocycles. The largest absolute Gasteiger partial charge is 0.355 e. The normalized spacial score (nSPS) is 34.2. The standard InChI is InChI=1S/C9H14N2O2/c1-7-2-3-9(13-7)11-5-4-8(12)10-6-11/h6-7,9H,2-5H2,1H3/t7-,9-/m0/s1. The van der Waals surface area contributed by atoms with Crippen molar-refractivity contribution in [1.29, 1.82) is 0 Å². The van der Waals surface area contributed by atoms with Crippen LogP contribution in [0.1, 0.15) is 26.2 Å². The van der Waals surface area contributed by atoms with Crippen LogP contribution in [0.25, 0.3) is 0 Å². The molecule has 0 aromatic rings. The van der Waals surface area contributed by atoms with E-state index in [1.807, 2.05) is 4.90 Å². The molecule has 0 radical (unpaired) electrons. The summed E-state index contributed by atoms with van der Waals surface area (Å²) in [6, 6.07) is 0. The number of rotatable bonds is 1. The van der Waals surface area contributed by atoms with Gasteiger partial charge >= 0.3 is 0 Å². The Morgan fingerprint density at radius 2 is 2.46 bits per heavy atom. The third-order valence-corrected chi connectivity index (χ3v) is 2.51. The second kappa shape index (κ2) is 3.46. The number of carbonyl (C=O) groups excluding carboxylic acids is 1. The van der Waals surface area contributed by atoms with E-state index in [0.29, 0.717) is 12.5 Å². The van der Waals surface area contributed by atoms with Crippen LogP contribution in [-0.4, -0.2) is 36.0 Å². The minimum absolute atomic E-state index is 0.0257. The fourth-order valence-corrected chi connectivity index (χ4v) is 1.73. The SMILES string of the molecule is C[C@H]1CC[C@@H](N2C=NC(=O)CC2)O1. The van der Waals surface area contributed by atoms with Crippen LogP contribution in [0, 0.1) is 0 Å². The minimum Gasteiger partial charge on any atom is -0.355 e. The Morgan fingerprint density at radius 1 is 1.62 bits per heavy atom. The van der Waals surface area contributed by atoms with Crippen molar-refractivity contribution in [3.8, 4) is 0 Å². The summed E-state index contributed by atoms with van der Waals surface area (Å²) in [7, 11) is 0. The van der Waals surface area contributed by atoms with Gasteiger partial charge in [0.25, 0.3) is 0 Å². The highest BCUT2D eigenvalue weighted by atomic mass is 16.5. The highest BCUT2D eigenvalue weighted by molar-refractivity contribution is 5.86. The fraction of sp³-hybridized carbons (Fsp3) is 0.778. The van der Waals surface area contributed by atoms with E-state index >= 15 is 0 Å². The lowest BCUT2D eigenvalue weighted by molar-refractivity contribution is -0.119. The molecule has 1 fully saturated rings. The molecular formula is C9H14N2O2. The summed E-state index contributed by atoms with van der Waals surface area (Å²) in [5, 5.41) is 0. The van der Waals surface area contributed by atoms with Crippen LogP contribution in [0.3, 0.4) is 0 Å². The predicted molar refractivity (Wildman–Crippen MR) is 48.4 cm³/mol. The van der Waals surface area contributed by atoms with Crippen molar-refractivity contribution < 1.29 is 9.53 Å². The molecular weight excluding hydrogens is 168 g/mol. The van der Waals surface area contributed by atoms with E-state index < -0.39 is 0 Å². The molecule has 13 heavy (non-hydrogen) atoms. The van der Waals surface area contributed by atoms with Gasteiger partial charge in [-0.3, -0.25) is 4.79 Å². The molecule has 0 saturated carbocycles. The molecule has 0 aromatic heterocycles. The zero-order chi connectivity index (χ0) is 9.26. The van der Waals surface area contributed by atoms with Crippen molar-refractivity contribution in [3.05, 3.63) is 0 Å². The Bertz CT molecular complexity index is 240. The molecule has 1 amide bonds. The summed E-state index contributed by atoms with van der Waals surface area (Å²) in [5.74, 6) is -0.0257. The maximum atomic E-state index is 10.8. The highest BCUT2D eigenvalue weighted by Crippen LogP contribution is 2.22. The van der Waals surface area contributed by atoms with Gasteiger partial charge in [-0.05, 0) is 19.8 Å².